The summed E-state index contributed by atoms with van der Waals surface area (Å²) in [5.74, 6) is 1.51. The van der Waals surface area contributed by atoms with Crippen molar-refractivity contribution in [2.75, 3.05) is 7.11 Å². The first-order chi connectivity index (χ1) is 11.6. The number of rotatable bonds is 3. The Bertz CT molecular complexity index is 1050. The Balaban J connectivity index is 1.99. The number of imidazole rings is 1. The lowest BCUT2D eigenvalue weighted by Gasteiger charge is -2.11. The summed E-state index contributed by atoms with van der Waals surface area (Å²) in [6.07, 6.45) is 5.21. The van der Waals surface area contributed by atoms with E-state index in [-0.39, 0.29) is 0 Å². The molecule has 0 aliphatic rings. The van der Waals surface area contributed by atoms with Crippen LogP contribution in [0.3, 0.4) is 0 Å². The lowest BCUT2D eigenvalue weighted by atomic mass is 10.1. The summed E-state index contributed by atoms with van der Waals surface area (Å²) < 4.78 is 9.34. The maximum atomic E-state index is 5.39. The van der Waals surface area contributed by atoms with E-state index in [0.29, 0.717) is 11.9 Å². The molecule has 4 heterocycles. The lowest BCUT2D eigenvalue weighted by Crippen LogP contribution is -2.02. The predicted molar refractivity (Wildman–Crippen MR) is 91.2 cm³/mol. The van der Waals surface area contributed by atoms with Crippen LogP contribution in [0.15, 0.2) is 30.9 Å². The van der Waals surface area contributed by atoms with Crippen LogP contribution in [0, 0.1) is 6.92 Å². The van der Waals surface area contributed by atoms with Gasteiger partial charge in [0, 0.05) is 29.6 Å². The summed E-state index contributed by atoms with van der Waals surface area (Å²) in [6.45, 7) is 6.29. The van der Waals surface area contributed by atoms with Crippen LogP contribution in [0.25, 0.3) is 27.8 Å². The highest BCUT2D eigenvalue weighted by atomic mass is 16.5. The highest BCUT2D eigenvalue weighted by Gasteiger charge is 2.16. The molecule has 0 atom stereocenters. The van der Waals surface area contributed by atoms with Crippen molar-refractivity contribution in [3.05, 3.63) is 36.7 Å². The molecule has 7 nitrogen and oxygen atoms in total. The van der Waals surface area contributed by atoms with E-state index in [9.17, 15) is 0 Å². The zero-order valence-corrected chi connectivity index (χ0v) is 14.1. The van der Waals surface area contributed by atoms with Gasteiger partial charge in [0.1, 0.15) is 17.7 Å². The molecule has 4 aromatic heterocycles. The predicted octanol–water partition coefficient (Wildman–Crippen LogP) is 3.04. The molecule has 7 heteroatoms. The van der Waals surface area contributed by atoms with Crippen LogP contribution in [0.4, 0.5) is 0 Å². The molecule has 0 aliphatic carbocycles. The van der Waals surface area contributed by atoms with Gasteiger partial charge in [-0.1, -0.05) is 0 Å². The summed E-state index contributed by atoms with van der Waals surface area (Å²) in [5, 5.41) is 4.24. The third kappa shape index (κ3) is 2.05. The van der Waals surface area contributed by atoms with Gasteiger partial charge >= 0.3 is 0 Å². The van der Waals surface area contributed by atoms with Crippen LogP contribution in [0.2, 0.25) is 0 Å². The molecule has 0 amide bonds. The first-order valence-corrected chi connectivity index (χ1v) is 7.81. The van der Waals surface area contributed by atoms with Crippen LogP contribution in [0.5, 0.6) is 5.88 Å². The number of hydrogen-bond acceptors (Lipinski definition) is 5. The SMILES string of the molecule is COc1ncnn2ccc(-c3cnc4nc(C)n(C(C)C)c4c3)c12. The van der Waals surface area contributed by atoms with Gasteiger partial charge in [0.05, 0.1) is 12.6 Å². The Kier molecular flexibility index (Phi) is 3.23. The second-order valence-electron chi connectivity index (χ2n) is 5.98. The van der Waals surface area contributed by atoms with Gasteiger partial charge in [0.25, 0.3) is 0 Å². The summed E-state index contributed by atoms with van der Waals surface area (Å²) >= 11 is 0. The van der Waals surface area contributed by atoms with Gasteiger partial charge in [-0.3, -0.25) is 0 Å². The Morgan fingerprint density at radius 2 is 2.04 bits per heavy atom. The second kappa shape index (κ2) is 5.30. The van der Waals surface area contributed by atoms with E-state index in [0.717, 1.165) is 33.6 Å². The Morgan fingerprint density at radius 3 is 2.79 bits per heavy atom. The van der Waals surface area contributed by atoms with E-state index in [4.69, 9.17) is 4.74 Å². The van der Waals surface area contributed by atoms with Crippen molar-refractivity contribution in [3.63, 3.8) is 0 Å². The van der Waals surface area contributed by atoms with E-state index in [1.54, 1.807) is 11.6 Å². The zero-order chi connectivity index (χ0) is 16.8. The average molecular weight is 322 g/mol. The molecule has 4 rings (SSSR count). The topological polar surface area (TPSA) is 70.1 Å². The Hall–Kier alpha value is -2.96. The van der Waals surface area contributed by atoms with Crippen LogP contribution >= 0.6 is 0 Å². The maximum absolute atomic E-state index is 5.39. The minimum absolute atomic E-state index is 0.315. The number of ether oxygens (including phenoxy) is 1. The number of methoxy groups -OCH3 is 1. The molecule has 4 aromatic rings. The Morgan fingerprint density at radius 1 is 1.21 bits per heavy atom. The molecular weight excluding hydrogens is 304 g/mol. The van der Waals surface area contributed by atoms with Gasteiger partial charge in [-0.25, -0.2) is 14.5 Å². The minimum atomic E-state index is 0.315. The van der Waals surface area contributed by atoms with Gasteiger partial charge in [-0.2, -0.15) is 10.1 Å². The normalized spacial score (nSPS) is 11.7. The standard InChI is InChI=1S/C17H18N6O/c1-10(2)23-11(3)21-16-14(23)7-12(8-18-16)13-5-6-22-15(13)17(24-4)19-9-20-22/h5-10H,1-4H3. The second-order valence-corrected chi connectivity index (χ2v) is 5.98. The lowest BCUT2D eigenvalue weighted by molar-refractivity contribution is 0.399. The van der Waals surface area contributed by atoms with Gasteiger partial charge in [-0.05, 0) is 32.9 Å². The molecule has 0 N–H and O–H groups in total. The number of nitrogens with zero attached hydrogens (tertiary/aromatic N) is 6. The fourth-order valence-corrected chi connectivity index (χ4v) is 3.20. The first-order valence-electron chi connectivity index (χ1n) is 7.81. The van der Waals surface area contributed by atoms with Gasteiger partial charge in [-0.15, -0.1) is 0 Å². The van der Waals surface area contributed by atoms with E-state index in [1.165, 1.54) is 6.33 Å². The maximum Gasteiger partial charge on any atom is 0.241 e. The highest BCUT2D eigenvalue weighted by Crippen LogP contribution is 2.32. The molecule has 0 aromatic carbocycles. The monoisotopic (exact) mass is 322 g/mol. The highest BCUT2D eigenvalue weighted by molar-refractivity contribution is 5.87. The molecular formula is C17H18N6O. The van der Waals surface area contributed by atoms with Crippen molar-refractivity contribution in [2.24, 2.45) is 0 Å². The van der Waals surface area contributed by atoms with Crippen molar-refractivity contribution in [2.45, 2.75) is 26.8 Å². The van der Waals surface area contributed by atoms with E-state index >= 15 is 0 Å². The summed E-state index contributed by atoms with van der Waals surface area (Å²) in [5.41, 5.74) is 4.58. The molecule has 24 heavy (non-hydrogen) atoms. The van der Waals surface area contributed by atoms with Crippen LogP contribution in [-0.4, -0.2) is 36.2 Å². The molecule has 0 unspecified atom stereocenters. The van der Waals surface area contributed by atoms with Crippen LogP contribution in [-0.2, 0) is 0 Å². The third-order valence-electron chi connectivity index (χ3n) is 4.16. The molecule has 0 aliphatic heterocycles. The third-order valence-corrected chi connectivity index (χ3v) is 4.16. The fraction of sp³-hybridized carbons (Fsp3) is 0.294. The number of fused-ring (bicyclic) bond motifs is 2. The van der Waals surface area contributed by atoms with E-state index in [1.807, 2.05) is 25.4 Å². The average Bonchev–Trinajstić information content (AvgIpc) is 3.13. The molecule has 0 saturated heterocycles. The molecule has 0 fully saturated rings. The summed E-state index contributed by atoms with van der Waals surface area (Å²) in [7, 11) is 1.61. The van der Waals surface area contributed by atoms with Gasteiger partial charge < -0.3 is 9.30 Å². The van der Waals surface area contributed by atoms with Crippen molar-refractivity contribution in [3.8, 4) is 17.0 Å². The molecule has 0 saturated carbocycles. The minimum Gasteiger partial charge on any atom is -0.479 e. The number of pyridine rings is 1. The van der Waals surface area contributed by atoms with Gasteiger partial charge in [0.2, 0.25) is 5.88 Å². The van der Waals surface area contributed by atoms with E-state index < -0.39 is 0 Å². The molecule has 0 spiro atoms. The largest absolute Gasteiger partial charge is 0.479 e. The molecule has 0 radical (unpaired) electrons. The Labute approximate surface area is 138 Å². The van der Waals surface area contributed by atoms with Crippen LogP contribution < -0.4 is 4.74 Å². The van der Waals surface area contributed by atoms with Crippen molar-refractivity contribution < 1.29 is 4.74 Å². The summed E-state index contributed by atoms with van der Waals surface area (Å²) in [4.78, 5) is 13.3. The number of aromatic nitrogens is 6. The zero-order valence-electron chi connectivity index (χ0n) is 14.1. The summed E-state index contributed by atoms with van der Waals surface area (Å²) in [6, 6.07) is 4.43. The quantitative estimate of drug-likeness (QED) is 0.580. The van der Waals surface area contributed by atoms with Crippen molar-refractivity contribution in [1.82, 2.24) is 29.1 Å². The van der Waals surface area contributed by atoms with Crippen molar-refractivity contribution in [1.29, 1.82) is 0 Å². The molecule has 0 bridgehead atoms. The van der Waals surface area contributed by atoms with Gasteiger partial charge in [0.15, 0.2) is 5.65 Å². The van der Waals surface area contributed by atoms with E-state index in [2.05, 4.69) is 44.5 Å². The van der Waals surface area contributed by atoms with Crippen molar-refractivity contribution >= 4 is 16.7 Å². The number of aryl methyl sites for hydroxylation is 1. The number of hydrogen-bond donors (Lipinski definition) is 0. The molecule has 122 valence electrons. The smallest absolute Gasteiger partial charge is 0.241 e. The first kappa shape index (κ1) is 14.6. The fourth-order valence-electron chi connectivity index (χ4n) is 3.20. The van der Waals surface area contributed by atoms with Crippen LogP contribution in [0.1, 0.15) is 25.7 Å².